The SMILES string of the molecule is COc1ccc(-c2nc(C3CCN(C)CC3)[nH]c2C(=O)N2CCC3(CCCCC3)C2)cc1. The standard InChI is InChI=1S/C26H36N4O2/c1-29-15-10-20(11-16-29)24-27-22(19-6-8-21(32-2)9-7-19)23(28-24)25(31)30-17-14-26(18-30)12-4-3-5-13-26/h6-9,20H,3-5,10-18H2,1-2H3,(H,27,28). The van der Waals surface area contributed by atoms with Gasteiger partial charge in [-0.25, -0.2) is 4.98 Å². The number of methoxy groups -OCH3 is 1. The molecule has 2 saturated heterocycles. The number of nitrogens with one attached hydrogen (secondary N) is 1. The first-order valence-corrected chi connectivity index (χ1v) is 12.3. The normalized spacial score (nSPS) is 21.9. The lowest BCUT2D eigenvalue weighted by molar-refractivity contribution is 0.0754. The van der Waals surface area contributed by atoms with Gasteiger partial charge in [0.1, 0.15) is 23.0 Å². The van der Waals surface area contributed by atoms with Gasteiger partial charge in [0.15, 0.2) is 0 Å². The van der Waals surface area contributed by atoms with Crippen molar-refractivity contribution in [2.75, 3.05) is 40.3 Å². The zero-order valence-corrected chi connectivity index (χ0v) is 19.5. The number of amides is 1. The maximum absolute atomic E-state index is 13.8. The van der Waals surface area contributed by atoms with Crippen LogP contribution in [-0.4, -0.2) is 66.0 Å². The van der Waals surface area contributed by atoms with Crippen LogP contribution in [0.15, 0.2) is 24.3 Å². The Morgan fingerprint density at radius 3 is 2.47 bits per heavy atom. The van der Waals surface area contributed by atoms with Gasteiger partial charge >= 0.3 is 0 Å². The van der Waals surface area contributed by atoms with E-state index in [0.29, 0.717) is 17.0 Å². The fraction of sp³-hybridized carbons (Fsp3) is 0.615. The van der Waals surface area contributed by atoms with Gasteiger partial charge in [-0.05, 0) is 81.9 Å². The van der Waals surface area contributed by atoms with Gasteiger partial charge in [0.2, 0.25) is 0 Å². The molecule has 1 aliphatic carbocycles. The third-order valence-corrected chi connectivity index (χ3v) is 8.04. The van der Waals surface area contributed by atoms with E-state index < -0.39 is 0 Å². The lowest BCUT2D eigenvalue weighted by Crippen LogP contribution is -2.33. The fourth-order valence-electron chi connectivity index (χ4n) is 5.96. The second-order valence-electron chi connectivity index (χ2n) is 10.2. The molecule has 32 heavy (non-hydrogen) atoms. The molecule has 2 aromatic rings. The summed E-state index contributed by atoms with van der Waals surface area (Å²) in [5.41, 5.74) is 2.77. The van der Waals surface area contributed by atoms with Gasteiger partial charge in [-0.1, -0.05) is 19.3 Å². The molecule has 6 nitrogen and oxygen atoms in total. The van der Waals surface area contributed by atoms with E-state index in [9.17, 15) is 4.79 Å². The molecule has 1 spiro atoms. The van der Waals surface area contributed by atoms with E-state index in [1.807, 2.05) is 24.3 Å². The lowest BCUT2D eigenvalue weighted by Gasteiger charge is -2.33. The third-order valence-electron chi connectivity index (χ3n) is 8.04. The van der Waals surface area contributed by atoms with Crippen LogP contribution in [0.25, 0.3) is 11.3 Å². The average molecular weight is 437 g/mol. The molecule has 0 bridgehead atoms. The van der Waals surface area contributed by atoms with Crippen molar-refractivity contribution >= 4 is 5.91 Å². The van der Waals surface area contributed by atoms with Crippen LogP contribution >= 0.6 is 0 Å². The maximum atomic E-state index is 13.8. The number of piperidine rings is 1. The molecule has 172 valence electrons. The first-order chi connectivity index (χ1) is 15.6. The van der Waals surface area contributed by atoms with E-state index in [1.165, 1.54) is 32.1 Å². The monoisotopic (exact) mass is 436 g/mol. The molecular weight excluding hydrogens is 400 g/mol. The summed E-state index contributed by atoms with van der Waals surface area (Å²) in [5, 5.41) is 0. The Balaban J connectivity index is 1.44. The van der Waals surface area contributed by atoms with Gasteiger partial charge in [-0.3, -0.25) is 4.79 Å². The largest absolute Gasteiger partial charge is 0.497 e. The number of H-pyrrole nitrogens is 1. The van der Waals surface area contributed by atoms with Crippen molar-refractivity contribution in [2.24, 2.45) is 5.41 Å². The maximum Gasteiger partial charge on any atom is 0.272 e. The second kappa shape index (κ2) is 8.89. The Morgan fingerprint density at radius 2 is 1.78 bits per heavy atom. The molecule has 1 N–H and O–H groups in total. The summed E-state index contributed by atoms with van der Waals surface area (Å²) in [6, 6.07) is 7.91. The number of likely N-dealkylation sites (tertiary alicyclic amines) is 2. The van der Waals surface area contributed by atoms with E-state index in [-0.39, 0.29) is 5.91 Å². The van der Waals surface area contributed by atoms with E-state index in [0.717, 1.165) is 68.3 Å². The van der Waals surface area contributed by atoms with Crippen molar-refractivity contribution < 1.29 is 9.53 Å². The van der Waals surface area contributed by atoms with Gasteiger partial charge in [0, 0.05) is 24.6 Å². The Labute approximate surface area is 191 Å². The molecule has 2 aliphatic heterocycles. The van der Waals surface area contributed by atoms with Gasteiger partial charge in [-0.15, -0.1) is 0 Å². The number of carbonyl (C=O) groups excluding carboxylic acids is 1. The van der Waals surface area contributed by atoms with Crippen molar-refractivity contribution in [1.82, 2.24) is 19.8 Å². The Hall–Kier alpha value is -2.34. The third kappa shape index (κ3) is 4.17. The Kier molecular flexibility index (Phi) is 5.97. The number of nitrogens with zero attached hydrogens (tertiary/aromatic N) is 3. The number of hydrogen-bond donors (Lipinski definition) is 1. The van der Waals surface area contributed by atoms with Gasteiger partial charge in [-0.2, -0.15) is 0 Å². The molecule has 1 amide bonds. The van der Waals surface area contributed by atoms with Crippen LogP contribution in [0, 0.1) is 5.41 Å². The van der Waals surface area contributed by atoms with E-state index in [2.05, 4.69) is 21.8 Å². The number of imidazole rings is 1. The van der Waals surface area contributed by atoms with Crippen molar-refractivity contribution in [1.29, 1.82) is 0 Å². The second-order valence-corrected chi connectivity index (χ2v) is 10.2. The highest BCUT2D eigenvalue weighted by Gasteiger charge is 2.41. The summed E-state index contributed by atoms with van der Waals surface area (Å²) >= 11 is 0. The van der Waals surface area contributed by atoms with Crippen LogP contribution in [0.1, 0.15) is 73.6 Å². The van der Waals surface area contributed by atoms with E-state index in [1.54, 1.807) is 7.11 Å². The van der Waals surface area contributed by atoms with Crippen molar-refractivity contribution in [3.05, 3.63) is 35.8 Å². The van der Waals surface area contributed by atoms with Gasteiger partial charge in [0.25, 0.3) is 5.91 Å². The van der Waals surface area contributed by atoms with Gasteiger partial charge in [0.05, 0.1) is 7.11 Å². The van der Waals surface area contributed by atoms with Gasteiger partial charge < -0.3 is 19.5 Å². The summed E-state index contributed by atoms with van der Waals surface area (Å²) < 4.78 is 5.33. The molecule has 3 aliphatic rings. The zero-order chi connectivity index (χ0) is 22.1. The molecule has 5 rings (SSSR count). The minimum atomic E-state index is 0.116. The highest BCUT2D eigenvalue weighted by molar-refractivity contribution is 5.98. The van der Waals surface area contributed by atoms with E-state index in [4.69, 9.17) is 9.72 Å². The molecule has 0 radical (unpaired) electrons. The molecule has 0 unspecified atom stereocenters. The van der Waals surface area contributed by atoms with Crippen LogP contribution < -0.4 is 4.74 Å². The van der Waals surface area contributed by atoms with E-state index >= 15 is 0 Å². The Bertz CT molecular complexity index is 937. The summed E-state index contributed by atoms with van der Waals surface area (Å²) in [6.45, 7) is 3.91. The number of carbonyl (C=O) groups is 1. The number of ether oxygens (including phenoxy) is 1. The smallest absolute Gasteiger partial charge is 0.272 e. The lowest BCUT2D eigenvalue weighted by atomic mass is 9.73. The average Bonchev–Trinajstić information content (AvgIpc) is 3.45. The highest BCUT2D eigenvalue weighted by Crippen LogP contribution is 2.44. The number of benzene rings is 1. The van der Waals surface area contributed by atoms with Crippen LogP contribution in [0.3, 0.4) is 0 Å². The Morgan fingerprint density at radius 1 is 1.06 bits per heavy atom. The molecule has 1 saturated carbocycles. The first kappa shape index (κ1) is 21.5. The van der Waals surface area contributed by atoms with Crippen molar-refractivity contribution in [3.8, 4) is 17.0 Å². The quantitative estimate of drug-likeness (QED) is 0.755. The highest BCUT2D eigenvalue weighted by atomic mass is 16.5. The zero-order valence-electron chi connectivity index (χ0n) is 19.5. The van der Waals surface area contributed by atoms with Crippen molar-refractivity contribution in [3.63, 3.8) is 0 Å². The van der Waals surface area contributed by atoms with Crippen LogP contribution in [0.2, 0.25) is 0 Å². The number of aromatic amines is 1. The molecule has 1 aromatic heterocycles. The van der Waals surface area contributed by atoms with Crippen LogP contribution in [-0.2, 0) is 0 Å². The minimum absolute atomic E-state index is 0.116. The van der Waals surface area contributed by atoms with Crippen molar-refractivity contribution in [2.45, 2.75) is 57.3 Å². The minimum Gasteiger partial charge on any atom is -0.497 e. The first-order valence-electron chi connectivity index (χ1n) is 12.3. The van der Waals surface area contributed by atoms with Crippen LogP contribution in [0.4, 0.5) is 0 Å². The number of hydrogen-bond acceptors (Lipinski definition) is 4. The number of rotatable bonds is 4. The summed E-state index contributed by atoms with van der Waals surface area (Å²) in [4.78, 5) is 26.7. The fourth-order valence-corrected chi connectivity index (χ4v) is 5.96. The summed E-state index contributed by atoms with van der Waals surface area (Å²) in [6.07, 6.45) is 9.80. The summed E-state index contributed by atoms with van der Waals surface area (Å²) in [5.74, 6) is 2.28. The number of aromatic nitrogens is 2. The molecular formula is C26H36N4O2. The topological polar surface area (TPSA) is 61.5 Å². The molecule has 3 heterocycles. The molecule has 0 atom stereocenters. The van der Waals surface area contributed by atoms with Crippen LogP contribution in [0.5, 0.6) is 5.75 Å². The molecule has 3 fully saturated rings. The molecule has 1 aromatic carbocycles. The summed E-state index contributed by atoms with van der Waals surface area (Å²) in [7, 11) is 3.84. The predicted octanol–water partition coefficient (Wildman–Crippen LogP) is 4.69. The molecule has 6 heteroatoms. The predicted molar refractivity (Wildman–Crippen MR) is 126 cm³/mol.